The predicted molar refractivity (Wildman–Crippen MR) is 82.3 cm³/mol. The van der Waals surface area contributed by atoms with E-state index in [0.29, 0.717) is 17.9 Å². The van der Waals surface area contributed by atoms with Crippen LogP contribution in [0.4, 0.5) is 0 Å². The molecular weight excluding hydrogens is 248 g/mol. The van der Waals surface area contributed by atoms with Gasteiger partial charge in [-0.2, -0.15) is 0 Å². The van der Waals surface area contributed by atoms with E-state index in [2.05, 4.69) is 30.7 Å². The van der Waals surface area contributed by atoms with Crippen molar-refractivity contribution in [2.45, 2.75) is 51.3 Å². The van der Waals surface area contributed by atoms with Crippen LogP contribution in [-0.2, 0) is 0 Å². The average molecular weight is 274 g/mol. The Labute approximate surface area is 122 Å². The number of pyridine rings is 1. The normalized spacial score (nSPS) is 26.9. The fraction of sp³-hybridized carbons (Fsp3) is 0.588. The second-order valence-corrected chi connectivity index (χ2v) is 6.05. The van der Waals surface area contributed by atoms with Crippen molar-refractivity contribution in [2.24, 2.45) is 11.8 Å². The lowest BCUT2D eigenvalue weighted by molar-refractivity contribution is 0.131. The van der Waals surface area contributed by atoms with Crippen LogP contribution >= 0.6 is 0 Å². The van der Waals surface area contributed by atoms with Gasteiger partial charge >= 0.3 is 0 Å². The van der Waals surface area contributed by atoms with Crippen molar-refractivity contribution < 1.29 is 5.11 Å². The molecule has 0 saturated carbocycles. The molecule has 1 saturated heterocycles. The van der Waals surface area contributed by atoms with Crippen molar-refractivity contribution in [2.75, 3.05) is 0 Å². The summed E-state index contributed by atoms with van der Waals surface area (Å²) in [6.45, 7) is 8.40. The number of aliphatic hydroxyl groups is 1. The number of aromatic nitrogens is 1. The molecule has 1 aliphatic heterocycles. The standard InChI is InChI=1S/C17H26N2O/c1-4-6-12(2)13(3)15-8-9-16(19-15)17(20)14-7-5-10-18-11-14/h4-5,7,10-13,15-17,19-20H,1,6,8-9H2,2-3H3/t12?,13-,15+,16-,17-/m1/s1. The zero-order valence-corrected chi connectivity index (χ0v) is 12.5. The summed E-state index contributed by atoms with van der Waals surface area (Å²) in [7, 11) is 0. The van der Waals surface area contributed by atoms with Crippen LogP contribution in [0.2, 0.25) is 0 Å². The minimum Gasteiger partial charge on any atom is -0.387 e. The average Bonchev–Trinajstić information content (AvgIpc) is 2.96. The lowest BCUT2D eigenvalue weighted by atomic mass is 9.86. The third-order valence-corrected chi connectivity index (χ3v) is 4.69. The van der Waals surface area contributed by atoms with Gasteiger partial charge in [-0.25, -0.2) is 0 Å². The maximum Gasteiger partial charge on any atom is 0.0957 e. The Morgan fingerprint density at radius 3 is 2.85 bits per heavy atom. The number of aliphatic hydroxyl groups excluding tert-OH is 1. The molecule has 0 aromatic carbocycles. The largest absolute Gasteiger partial charge is 0.387 e. The second-order valence-electron chi connectivity index (χ2n) is 6.05. The van der Waals surface area contributed by atoms with Crippen LogP contribution in [0.3, 0.4) is 0 Å². The number of allylic oxidation sites excluding steroid dienone is 1. The monoisotopic (exact) mass is 274 g/mol. The summed E-state index contributed by atoms with van der Waals surface area (Å²) < 4.78 is 0. The summed E-state index contributed by atoms with van der Waals surface area (Å²) in [6, 6.07) is 4.44. The van der Waals surface area contributed by atoms with Gasteiger partial charge in [0.05, 0.1) is 6.10 Å². The Bertz CT molecular complexity index is 420. The van der Waals surface area contributed by atoms with Crippen molar-refractivity contribution >= 4 is 0 Å². The first kappa shape index (κ1) is 15.2. The maximum atomic E-state index is 10.4. The highest BCUT2D eigenvalue weighted by Gasteiger charge is 2.33. The minimum atomic E-state index is -0.462. The fourth-order valence-corrected chi connectivity index (χ4v) is 3.12. The van der Waals surface area contributed by atoms with Crippen LogP contribution in [0.5, 0.6) is 0 Å². The number of nitrogens with zero attached hydrogens (tertiary/aromatic N) is 1. The molecule has 20 heavy (non-hydrogen) atoms. The molecule has 2 heterocycles. The molecule has 2 N–H and O–H groups in total. The van der Waals surface area contributed by atoms with Crippen molar-refractivity contribution in [3.63, 3.8) is 0 Å². The summed E-state index contributed by atoms with van der Waals surface area (Å²) in [6.07, 6.45) is 8.23. The lowest BCUT2D eigenvalue weighted by Crippen LogP contribution is -2.39. The van der Waals surface area contributed by atoms with E-state index in [1.54, 1.807) is 12.4 Å². The van der Waals surface area contributed by atoms with Gasteiger partial charge in [-0.1, -0.05) is 26.0 Å². The molecule has 0 amide bonds. The number of nitrogens with one attached hydrogen (secondary N) is 1. The molecule has 1 aliphatic rings. The zero-order valence-electron chi connectivity index (χ0n) is 12.5. The summed E-state index contributed by atoms with van der Waals surface area (Å²) in [4.78, 5) is 4.09. The van der Waals surface area contributed by atoms with E-state index in [0.717, 1.165) is 24.8 Å². The molecule has 2 rings (SSSR count). The summed E-state index contributed by atoms with van der Waals surface area (Å²) >= 11 is 0. The van der Waals surface area contributed by atoms with Crippen LogP contribution in [0, 0.1) is 11.8 Å². The Balaban J connectivity index is 1.93. The molecule has 1 aromatic heterocycles. The number of hydrogen-bond donors (Lipinski definition) is 2. The molecule has 1 fully saturated rings. The Morgan fingerprint density at radius 1 is 1.45 bits per heavy atom. The van der Waals surface area contributed by atoms with Crippen molar-refractivity contribution in [3.05, 3.63) is 42.7 Å². The Morgan fingerprint density at radius 2 is 2.20 bits per heavy atom. The summed E-state index contributed by atoms with van der Waals surface area (Å²) in [5.74, 6) is 1.22. The molecule has 1 aromatic rings. The first-order valence-electron chi connectivity index (χ1n) is 7.58. The van der Waals surface area contributed by atoms with Gasteiger partial charge in [0.15, 0.2) is 0 Å². The molecule has 3 nitrogen and oxygen atoms in total. The van der Waals surface area contributed by atoms with Gasteiger partial charge in [-0.05, 0) is 37.2 Å². The quantitative estimate of drug-likeness (QED) is 0.784. The van der Waals surface area contributed by atoms with E-state index in [-0.39, 0.29) is 6.04 Å². The van der Waals surface area contributed by atoms with E-state index in [4.69, 9.17) is 0 Å². The van der Waals surface area contributed by atoms with E-state index >= 15 is 0 Å². The Kier molecular flexibility index (Phi) is 5.32. The maximum absolute atomic E-state index is 10.4. The van der Waals surface area contributed by atoms with Gasteiger partial charge < -0.3 is 10.4 Å². The molecule has 0 aliphatic carbocycles. The highest BCUT2D eigenvalue weighted by Crippen LogP contribution is 2.31. The highest BCUT2D eigenvalue weighted by molar-refractivity contribution is 5.15. The third-order valence-electron chi connectivity index (χ3n) is 4.69. The van der Waals surface area contributed by atoms with E-state index in [1.807, 2.05) is 18.2 Å². The molecule has 1 unspecified atom stereocenters. The number of hydrogen-bond acceptors (Lipinski definition) is 3. The summed E-state index contributed by atoms with van der Waals surface area (Å²) in [5.41, 5.74) is 0.900. The molecular formula is C17H26N2O. The van der Waals surface area contributed by atoms with Crippen LogP contribution in [0.1, 0.15) is 44.8 Å². The SMILES string of the molecule is C=CCC(C)[C@@H](C)[C@@H]1CC[C@H]([C@H](O)c2cccnc2)N1. The number of rotatable bonds is 6. The molecule has 0 bridgehead atoms. The first-order chi connectivity index (χ1) is 9.63. The van der Waals surface area contributed by atoms with Crippen molar-refractivity contribution in [1.82, 2.24) is 10.3 Å². The van der Waals surface area contributed by atoms with Crippen molar-refractivity contribution in [3.8, 4) is 0 Å². The van der Waals surface area contributed by atoms with Crippen LogP contribution in [0.25, 0.3) is 0 Å². The molecule has 0 radical (unpaired) electrons. The molecule has 5 atom stereocenters. The van der Waals surface area contributed by atoms with Gasteiger partial charge in [-0.15, -0.1) is 6.58 Å². The van der Waals surface area contributed by atoms with Gasteiger partial charge in [-0.3, -0.25) is 4.98 Å². The highest BCUT2D eigenvalue weighted by atomic mass is 16.3. The first-order valence-corrected chi connectivity index (χ1v) is 7.58. The van der Waals surface area contributed by atoms with Gasteiger partial charge in [0, 0.05) is 30.0 Å². The Hall–Kier alpha value is -1.19. The second kappa shape index (κ2) is 7.00. The van der Waals surface area contributed by atoms with Gasteiger partial charge in [0.25, 0.3) is 0 Å². The van der Waals surface area contributed by atoms with Crippen LogP contribution in [-0.4, -0.2) is 22.2 Å². The van der Waals surface area contributed by atoms with E-state index in [1.165, 1.54) is 0 Å². The van der Waals surface area contributed by atoms with Crippen LogP contribution in [0.15, 0.2) is 37.2 Å². The fourth-order valence-electron chi connectivity index (χ4n) is 3.12. The van der Waals surface area contributed by atoms with Gasteiger partial charge in [0.2, 0.25) is 0 Å². The van der Waals surface area contributed by atoms with Gasteiger partial charge in [0.1, 0.15) is 0 Å². The van der Waals surface area contributed by atoms with E-state index < -0.39 is 6.10 Å². The smallest absolute Gasteiger partial charge is 0.0957 e. The minimum absolute atomic E-state index is 0.141. The third kappa shape index (κ3) is 3.47. The predicted octanol–water partition coefficient (Wildman–Crippen LogP) is 3.08. The van der Waals surface area contributed by atoms with Crippen LogP contribution < -0.4 is 5.32 Å². The molecule has 0 spiro atoms. The van der Waals surface area contributed by atoms with Crippen molar-refractivity contribution in [1.29, 1.82) is 0 Å². The zero-order chi connectivity index (χ0) is 14.5. The topological polar surface area (TPSA) is 45.2 Å². The molecule has 3 heteroatoms. The summed E-state index contributed by atoms with van der Waals surface area (Å²) in [5, 5.41) is 14.1. The lowest BCUT2D eigenvalue weighted by Gasteiger charge is -2.27. The van der Waals surface area contributed by atoms with E-state index in [9.17, 15) is 5.11 Å². The molecule has 110 valence electrons.